The van der Waals surface area contributed by atoms with Gasteiger partial charge in [0.1, 0.15) is 5.69 Å². The van der Waals surface area contributed by atoms with Gasteiger partial charge < -0.3 is 4.57 Å². The van der Waals surface area contributed by atoms with Crippen LogP contribution in [0.4, 0.5) is 0 Å². The second kappa shape index (κ2) is 5.23. The molecule has 4 nitrogen and oxygen atoms in total. The Hall–Kier alpha value is -0.810. The Kier molecular flexibility index (Phi) is 3.89. The predicted molar refractivity (Wildman–Crippen MR) is 68.7 cm³/mol. The van der Waals surface area contributed by atoms with Crippen LogP contribution in [-0.2, 0) is 4.84 Å². The number of nitrogens with zero attached hydrogens (tertiary/aromatic N) is 1. The summed E-state index contributed by atoms with van der Waals surface area (Å²) in [5, 5.41) is 0. The summed E-state index contributed by atoms with van der Waals surface area (Å²) < 4.78 is 2.94. The van der Waals surface area contributed by atoms with E-state index in [0.717, 1.165) is 17.3 Å². The van der Waals surface area contributed by atoms with Gasteiger partial charge in [-0.1, -0.05) is 13.8 Å². The minimum Gasteiger partial charge on any atom is -0.339 e. The number of hydroxylamine groups is 1. The van der Waals surface area contributed by atoms with Gasteiger partial charge in [0, 0.05) is 16.7 Å². The first kappa shape index (κ1) is 12.6. The van der Waals surface area contributed by atoms with Crippen LogP contribution in [0.3, 0.4) is 0 Å². The first-order chi connectivity index (χ1) is 8.08. The number of aromatic nitrogens is 1. The molecular formula is C12H17BrN2O2. The Morgan fingerprint density at radius 2 is 2.35 bits per heavy atom. The molecule has 1 heterocycles. The summed E-state index contributed by atoms with van der Waals surface area (Å²) in [5.41, 5.74) is 3.14. The molecule has 2 rings (SSSR count). The number of rotatable bonds is 5. The van der Waals surface area contributed by atoms with Crippen molar-refractivity contribution < 1.29 is 9.63 Å². The summed E-state index contributed by atoms with van der Waals surface area (Å²) in [6.07, 6.45) is 4.25. The molecule has 5 heteroatoms. The van der Waals surface area contributed by atoms with Gasteiger partial charge in [0.15, 0.2) is 0 Å². The lowest BCUT2D eigenvalue weighted by molar-refractivity contribution is 0.0201. The monoisotopic (exact) mass is 300 g/mol. The lowest BCUT2D eigenvalue weighted by Crippen LogP contribution is -2.27. The van der Waals surface area contributed by atoms with E-state index in [1.165, 1.54) is 0 Å². The molecule has 1 aromatic rings. The molecule has 1 saturated carbocycles. The molecule has 0 saturated heterocycles. The van der Waals surface area contributed by atoms with E-state index in [0.29, 0.717) is 24.3 Å². The van der Waals surface area contributed by atoms with Gasteiger partial charge in [-0.25, -0.2) is 5.48 Å². The minimum absolute atomic E-state index is 0.178. The summed E-state index contributed by atoms with van der Waals surface area (Å²) >= 11 is 3.40. The van der Waals surface area contributed by atoms with Crippen LogP contribution in [0.1, 0.15) is 43.2 Å². The molecule has 0 bridgehead atoms. The lowest BCUT2D eigenvalue weighted by atomic mass is 10.2. The highest BCUT2D eigenvalue weighted by atomic mass is 79.9. The quantitative estimate of drug-likeness (QED) is 0.850. The highest BCUT2D eigenvalue weighted by Crippen LogP contribution is 2.37. The Labute approximate surface area is 109 Å². The van der Waals surface area contributed by atoms with Crippen LogP contribution >= 0.6 is 15.9 Å². The molecule has 0 radical (unpaired) electrons. The Morgan fingerprint density at radius 1 is 1.65 bits per heavy atom. The van der Waals surface area contributed by atoms with Crippen molar-refractivity contribution in [2.24, 2.45) is 5.92 Å². The van der Waals surface area contributed by atoms with Crippen LogP contribution < -0.4 is 5.48 Å². The third kappa shape index (κ3) is 3.33. The summed E-state index contributed by atoms with van der Waals surface area (Å²) in [6, 6.07) is 2.30. The summed E-state index contributed by atoms with van der Waals surface area (Å²) in [7, 11) is 0. The standard InChI is InChI=1S/C12H17BrN2O2/c1-8(2)7-17-14-12(16)11-5-9(13)6-15(11)10-3-4-10/h5-6,8,10H,3-4,7H2,1-2H3,(H,14,16). The van der Waals surface area contributed by atoms with Gasteiger partial charge in [-0.15, -0.1) is 0 Å². The van der Waals surface area contributed by atoms with E-state index in [1.807, 2.05) is 30.7 Å². The zero-order chi connectivity index (χ0) is 12.4. The fraction of sp³-hybridized carbons (Fsp3) is 0.583. The van der Waals surface area contributed by atoms with Crippen molar-refractivity contribution in [3.05, 3.63) is 22.4 Å². The number of halogens is 1. The van der Waals surface area contributed by atoms with Crippen LogP contribution in [0.2, 0.25) is 0 Å². The molecule has 0 spiro atoms. The highest BCUT2D eigenvalue weighted by molar-refractivity contribution is 9.10. The molecule has 1 fully saturated rings. The number of hydrogen-bond acceptors (Lipinski definition) is 2. The van der Waals surface area contributed by atoms with E-state index in [9.17, 15) is 4.79 Å². The summed E-state index contributed by atoms with van der Waals surface area (Å²) in [4.78, 5) is 17.1. The summed E-state index contributed by atoms with van der Waals surface area (Å²) in [5.74, 6) is 0.223. The average molecular weight is 301 g/mol. The zero-order valence-electron chi connectivity index (χ0n) is 10.1. The third-order valence-corrected chi connectivity index (χ3v) is 3.00. The normalized spacial score (nSPS) is 15.3. The van der Waals surface area contributed by atoms with Gasteiger partial charge >= 0.3 is 0 Å². The second-order valence-electron chi connectivity index (χ2n) is 4.82. The van der Waals surface area contributed by atoms with Crippen LogP contribution in [0.25, 0.3) is 0 Å². The molecule has 0 atom stereocenters. The first-order valence-corrected chi connectivity index (χ1v) is 6.66. The van der Waals surface area contributed by atoms with Gasteiger partial charge in [0.25, 0.3) is 5.91 Å². The fourth-order valence-corrected chi connectivity index (χ4v) is 2.05. The van der Waals surface area contributed by atoms with Crippen molar-refractivity contribution in [3.8, 4) is 0 Å². The highest BCUT2D eigenvalue weighted by Gasteiger charge is 2.27. The van der Waals surface area contributed by atoms with Crippen molar-refractivity contribution in [1.29, 1.82) is 0 Å². The van der Waals surface area contributed by atoms with Crippen LogP contribution in [0.15, 0.2) is 16.7 Å². The largest absolute Gasteiger partial charge is 0.339 e. The van der Waals surface area contributed by atoms with E-state index in [4.69, 9.17) is 4.84 Å². The number of nitrogens with one attached hydrogen (secondary N) is 1. The average Bonchev–Trinajstić information content (AvgIpc) is 3.01. The maximum absolute atomic E-state index is 11.9. The fourth-order valence-electron chi connectivity index (χ4n) is 1.61. The van der Waals surface area contributed by atoms with Crippen LogP contribution in [0, 0.1) is 5.92 Å². The molecule has 0 aromatic carbocycles. The molecule has 17 heavy (non-hydrogen) atoms. The predicted octanol–water partition coefficient (Wildman–Crippen LogP) is 2.90. The van der Waals surface area contributed by atoms with E-state index in [2.05, 4.69) is 21.4 Å². The van der Waals surface area contributed by atoms with Crippen molar-refractivity contribution in [2.45, 2.75) is 32.7 Å². The second-order valence-corrected chi connectivity index (χ2v) is 5.73. The molecule has 1 amide bonds. The number of hydrogen-bond donors (Lipinski definition) is 1. The SMILES string of the molecule is CC(C)CONC(=O)c1cc(Br)cn1C1CC1. The molecule has 0 aliphatic heterocycles. The Bertz CT molecular complexity index is 411. The van der Waals surface area contributed by atoms with E-state index in [1.54, 1.807) is 0 Å². The maximum atomic E-state index is 11.9. The van der Waals surface area contributed by atoms with Gasteiger partial charge in [-0.05, 0) is 40.8 Å². The topological polar surface area (TPSA) is 43.3 Å². The molecule has 1 aromatic heterocycles. The number of amides is 1. The first-order valence-electron chi connectivity index (χ1n) is 5.87. The Morgan fingerprint density at radius 3 is 2.94 bits per heavy atom. The number of carbonyl (C=O) groups is 1. The van der Waals surface area contributed by atoms with Crippen molar-refractivity contribution in [3.63, 3.8) is 0 Å². The lowest BCUT2D eigenvalue weighted by Gasteiger charge is -2.09. The van der Waals surface area contributed by atoms with Crippen LogP contribution in [0.5, 0.6) is 0 Å². The van der Waals surface area contributed by atoms with Gasteiger partial charge in [0.05, 0.1) is 6.61 Å². The minimum atomic E-state index is -0.178. The zero-order valence-corrected chi connectivity index (χ0v) is 11.7. The molecule has 94 valence electrons. The van der Waals surface area contributed by atoms with E-state index in [-0.39, 0.29) is 5.91 Å². The Balaban J connectivity index is 1.98. The molecule has 0 unspecified atom stereocenters. The van der Waals surface area contributed by atoms with Gasteiger partial charge in [0.2, 0.25) is 0 Å². The summed E-state index contributed by atoms with van der Waals surface area (Å²) in [6.45, 7) is 4.60. The van der Waals surface area contributed by atoms with E-state index >= 15 is 0 Å². The van der Waals surface area contributed by atoms with Crippen molar-refractivity contribution >= 4 is 21.8 Å². The van der Waals surface area contributed by atoms with Gasteiger partial charge in [-0.3, -0.25) is 9.63 Å². The van der Waals surface area contributed by atoms with Gasteiger partial charge in [-0.2, -0.15) is 0 Å². The smallest absolute Gasteiger partial charge is 0.291 e. The van der Waals surface area contributed by atoms with Crippen molar-refractivity contribution in [2.75, 3.05) is 6.61 Å². The molecule has 1 aliphatic rings. The molecular weight excluding hydrogens is 284 g/mol. The molecule has 1 N–H and O–H groups in total. The molecule has 1 aliphatic carbocycles. The van der Waals surface area contributed by atoms with Crippen LogP contribution in [-0.4, -0.2) is 17.1 Å². The maximum Gasteiger partial charge on any atom is 0.291 e. The third-order valence-electron chi connectivity index (χ3n) is 2.57. The van der Waals surface area contributed by atoms with E-state index < -0.39 is 0 Å². The number of carbonyl (C=O) groups excluding carboxylic acids is 1. The van der Waals surface area contributed by atoms with Crippen molar-refractivity contribution in [1.82, 2.24) is 10.0 Å².